The van der Waals surface area contributed by atoms with Gasteiger partial charge in [-0.2, -0.15) is 0 Å². The van der Waals surface area contributed by atoms with E-state index >= 15 is 0 Å². The third kappa shape index (κ3) is 6.53. The summed E-state index contributed by atoms with van der Waals surface area (Å²) in [6.07, 6.45) is 0. The average molecular weight is 1000 g/mol. The monoisotopic (exact) mass is 1000 g/mol. The first-order valence-corrected chi connectivity index (χ1v) is 27.2. The predicted octanol–water partition coefficient (Wildman–Crippen LogP) is 19.1. The van der Waals surface area contributed by atoms with Gasteiger partial charge in [0.25, 0.3) is 0 Å². The molecule has 7 heteroatoms. The molecule has 0 spiro atoms. The van der Waals surface area contributed by atoms with Crippen LogP contribution >= 0.6 is 22.7 Å². The molecule has 0 unspecified atom stereocenters. The summed E-state index contributed by atoms with van der Waals surface area (Å²) in [6.45, 7) is 0. The zero-order valence-corrected chi connectivity index (χ0v) is 42.4. The fourth-order valence-corrected chi connectivity index (χ4v) is 14.2. The molecule has 0 aliphatic carbocycles. The Morgan fingerprint density at radius 1 is 0.276 bits per heavy atom. The number of fused-ring (bicyclic) bond motifs is 12. The van der Waals surface area contributed by atoms with Gasteiger partial charge < -0.3 is 9.13 Å². The summed E-state index contributed by atoms with van der Waals surface area (Å²) >= 11 is 3.62. The lowest BCUT2D eigenvalue weighted by molar-refractivity contribution is 1.07. The SMILES string of the molecule is c1ccc(-c2ccccc2-n2c3ccccc3c3cccc(-n4c5ccccc5c5cccc(-c6nc(-c7ccc8sc9ccccc9c8c7)nc(-c7cccc8c7sc7cccc(-c9ccccc9)c78)n6)c54)c32)cc1. The van der Waals surface area contributed by atoms with Crippen molar-refractivity contribution in [1.82, 2.24) is 24.1 Å². The van der Waals surface area contributed by atoms with Gasteiger partial charge in [0.15, 0.2) is 17.5 Å². The van der Waals surface area contributed by atoms with Crippen molar-refractivity contribution >= 4 is 107 Å². The molecular weight excluding hydrogens is 963 g/mol. The van der Waals surface area contributed by atoms with Gasteiger partial charge in [-0.3, -0.25) is 0 Å². The van der Waals surface area contributed by atoms with Gasteiger partial charge in [0.1, 0.15) is 0 Å². The summed E-state index contributed by atoms with van der Waals surface area (Å²) in [7, 11) is 0. The van der Waals surface area contributed by atoms with Gasteiger partial charge in [0.05, 0.1) is 33.4 Å². The Labute approximate surface area is 444 Å². The highest BCUT2D eigenvalue weighted by atomic mass is 32.1. The molecule has 5 nitrogen and oxygen atoms in total. The summed E-state index contributed by atoms with van der Waals surface area (Å²) in [4.78, 5) is 16.7. The minimum atomic E-state index is 0.607. The van der Waals surface area contributed by atoms with Gasteiger partial charge >= 0.3 is 0 Å². The van der Waals surface area contributed by atoms with Crippen LogP contribution < -0.4 is 0 Å². The Bertz CT molecular complexity index is 5000. The van der Waals surface area contributed by atoms with Gasteiger partial charge in [0, 0.05) is 84.1 Å². The van der Waals surface area contributed by atoms with Crippen molar-refractivity contribution in [2.45, 2.75) is 0 Å². The van der Waals surface area contributed by atoms with Crippen LogP contribution in [0.3, 0.4) is 0 Å². The smallest absolute Gasteiger partial charge is 0.166 e. The number of para-hydroxylation sites is 5. The van der Waals surface area contributed by atoms with E-state index in [0.29, 0.717) is 17.5 Å². The highest BCUT2D eigenvalue weighted by molar-refractivity contribution is 7.26. The largest absolute Gasteiger partial charge is 0.307 e. The van der Waals surface area contributed by atoms with Crippen LogP contribution in [0.25, 0.3) is 152 Å². The standard InChI is InChI=1S/C69H41N5S2/c1-3-19-42(20-4-1)45-23-7-11-33-56(45)73-57-34-12-9-25-48(57)51-29-17-36-59(65(51)73)74-58-35-13-8-24-47(58)50-28-15-31-53(64(50)74)68-70-67(44-39-40-61-55(41-44)49-26-10-14-37-60(49)75-61)71-69(72-68)54-32-16-30-52-63-46(43-21-5-2-6-22-43)27-18-38-62(63)76-66(52)54/h1-41H. The Morgan fingerprint density at radius 2 is 0.776 bits per heavy atom. The number of aromatic nitrogens is 5. The van der Waals surface area contributed by atoms with Gasteiger partial charge in [-0.15, -0.1) is 22.7 Å². The van der Waals surface area contributed by atoms with Crippen molar-refractivity contribution in [2.75, 3.05) is 0 Å². The lowest BCUT2D eigenvalue weighted by atomic mass is 9.99. The molecular formula is C69H41N5S2. The van der Waals surface area contributed by atoms with Crippen LogP contribution in [0.4, 0.5) is 0 Å². The molecule has 11 aromatic carbocycles. The molecule has 0 N–H and O–H groups in total. The van der Waals surface area contributed by atoms with Crippen molar-refractivity contribution < 1.29 is 0 Å². The molecule has 0 radical (unpaired) electrons. The second-order valence-corrected chi connectivity index (χ2v) is 21.5. The van der Waals surface area contributed by atoms with Crippen LogP contribution in [0.1, 0.15) is 0 Å². The lowest BCUT2D eigenvalue weighted by Crippen LogP contribution is -2.04. The molecule has 0 atom stereocenters. The number of benzene rings is 11. The van der Waals surface area contributed by atoms with Gasteiger partial charge in [0.2, 0.25) is 0 Å². The van der Waals surface area contributed by atoms with Crippen LogP contribution in [0.15, 0.2) is 249 Å². The second kappa shape index (κ2) is 17.0. The molecule has 0 bridgehead atoms. The van der Waals surface area contributed by atoms with E-state index < -0.39 is 0 Å². The van der Waals surface area contributed by atoms with E-state index in [1.165, 1.54) is 57.5 Å². The summed E-state index contributed by atoms with van der Waals surface area (Å²) in [5.74, 6) is 1.86. The van der Waals surface area contributed by atoms with Crippen molar-refractivity contribution in [3.63, 3.8) is 0 Å². The van der Waals surface area contributed by atoms with Crippen molar-refractivity contribution in [1.29, 1.82) is 0 Å². The van der Waals surface area contributed by atoms with Crippen LogP contribution in [0, 0.1) is 0 Å². The molecule has 354 valence electrons. The number of hydrogen-bond acceptors (Lipinski definition) is 5. The normalized spacial score (nSPS) is 11.9. The summed E-state index contributed by atoms with van der Waals surface area (Å²) in [5.41, 5.74) is 14.1. The topological polar surface area (TPSA) is 48.5 Å². The molecule has 0 aliphatic rings. The van der Waals surface area contributed by atoms with E-state index in [0.717, 1.165) is 76.7 Å². The number of rotatable bonds is 7. The first-order chi connectivity index (χ1) is 37.7. The lowest BCUT2D eigenvalue weighted by Gasteiger charge is -2.18. The fourth-order valence-electron chi connectivity index (χ4n) is 11.9. The maximum Gasteiger partial charge on any atom is 0.166 e. The zero-order valence-electron chi connectivity index (χ0n) is 40.7. The van der Waals surface area contributed by atoms with E-state index in [9.17, 15) is 0 Å². The molecule has 5 aromatic heterocycles. The summed E-state index contributed by atoms with van der Waals surface area (Å²) in [6, 6.07) is 89.7. The van der Waals surface area contributed by atoms with Gasteiger partial charge in [-0.05, 0) is 83.4 Å². The third-order valence-corrected chi connectivity index (χ3v) is 17.6. The van der Waals surface area contributed by atoms with Crippen molar-refractivity contribution in [3.8, 4) is 67.8 Å². The first-order valence-electron chi connectivity index (χ1n) is 25.6. The van der Waals surface area contributed by atoms with Crippen LogP contribution in [-0.2, 0) is 0 Å². The molecule has 0 saturated heterocycles. The predicted molar refractivity (Wildman–Crippen MR) is 321 cm³/mol. The van der Waals surface area contributed by atoms with Crippen molar-refractivity contribution in [2.24, 2.45) is 0 Å². The molecule has 16 aromatic rings. The average Bonchev–Trinajstić information content (AvgIpc) is 4.34. The van der Waals surface area contributed by atoms with Crippen molar-refractivity contribution in [3.05, 3.63) is 249 Å². The van der Waals surface area contributed by atoms with E-state index in [1.54, 1.807) is 11.3 Å². The molecule has 76 heavy (non-hydrogen) atoms. The molecule has 0 fully saturated rings. The molecule has 0 saturated carbocycles. The molecule has 5 heterocycles. The maximum atomic E-state index is 5.63. The second-order valence-electron chi connectivity index (χ2n) is 19.4. The third-order valence-electron chi connectivity index (χ3n) is 15.2. The molecule has 0 aliphatic heterocycles. The number of nitrogens with zero attached hydrogens (tertiary/aromatic N) is 5. The van der Waals surface area contributed by atoms with E-state index in [-0.39, 0.29) is 0 Å². The maximum absolute atomic E-state index is 5.63. The molecule has 0 amide bonds. The highest BCUT2D eigenvalue weighted by Crippen LogP contribution is 2.47. The van der Waals surface area contributed by atoms with E-state index in [4.69, 9.17) is 15.0 Å². The van der Waals surface area contributed by atoms with Crippen LogP contribution in [0.2, 0.25) is 0 Å². The zero-order chi connectivity index (χ0) is 49.8. The number of hydrogen-bond donors (Lipinski definition) is 0. The number of thiophene rings is 2. The highest BCUT2D eigenvalue weighted by Gasteiger charge is 2.25. The fraction of sp³-hybridized carbons (Fsp3) is 0. The molecule has 16 rings (SSSR count). The quantitative estimate of drug-likeness (QED) is 0.160. The minimum Gasteiger partial charge on any atom is -0.307 e. The Balaban J connectivity index is 0.992. The van der Waals surface area contributed by atoms with Crippen LogP contribution in [-0.4, -0.2) is 24.1 Å². The first kappa shape index (κ1) is 42.9. The Kier molecular flexibility index (Phi) is 9.61. The van der Waals surface area contributed by atoms with Crippen LogP contribution in [0.5, 0.6) is 0 Å². The Hall–Kier alpha value is -9.53. The van der Waals surface area contributed by atoms with Gasteiger partial charge in [-0.25, -0.2) is 15.0 Å². The van der Waals surface area contributed by atoms with E-state index in [2.05, 4.69) is 258 Å². The Morgan fingerprint density at radius 3 is 1.55 bits per heavy atom. The van der Waals surface area contributed by atoms with Gasteiger partial charge in [-0.1, -0.05) is 182 Å². The van der Waals surface area contributed by atoms with E-state index in [1.807, 2.05) is 11.3 Å². The minimum absolute atomic E-state index is 0.607. The summed E-state index contributed by atoms with van der Waals surface area (Å²) < 4.78 is 9.80. The summed E-state index contributed by atoms with van der Waals surface area (Å²) in [5, 5.41) is 9.49.